The molecule has 2 aliphatic carbocycles. The lowest BCUT2D eigenvalue weighted by Gasteiger charge is -2.61. The summed E-state index contributed by atoms with van der Waals surface area (Å²) in [6.07, 6.45) is 9.36. The Balaban J connectivity index is 1.66. The van der Waals surface area contributed by atoms with Gasteiger partial charge in [-0.1, -0.05) is 6.42 Å². The first-order valence-corrected chi connectivity index (χ1v) is 10.3. The second-order valence-electron chi connectivity index (χ2n) is 8.11. The van der Waals surface area contributed by atoms with E-state index >= 15 is 0 Å². The van der Waals surface area contributed by atoms with Crippen LogP contribution in [-0.2, 0) is 11.8 Å². The van der Waals surface area contributed by atoms with Gasteiger partial charge < -0.3 is 20.3 Å². The van der Waals surface area contributed by atoms with E-state index in [1.54, 1.807) is 0 Å². The van der Waals surface area contributed by atoms with Gasteiger partial charge in [0.05, 0.1) is 24.9 Å². The van der Waals surface area contributed by atoms with E-state index in [1.807, 2.05) is 17.9 Å². The van der Waals surface area contributed by atoms with Gasteiger partial charge in [-0.3, -0.25) is 9.67 Å². The summed E-state index contributed by atoms with van der Waals surface area (Å²) in [5.41, 5.74) is 1.52. The van der Waals surface area contributed by atoms with Gasteiger partial charge in [0.2, 0.25) is 0 Å². The molecule has 152 valence electrons. The molecule has 0 saturated heterocycles. The van der Waals surface area contributed by atoms with Gasteiger partial charge in [-0.15, -0.1) is 0 Å². The van der Waals surface area contributed by atoms with Crippen LogP contribution in [0.4, 0.5) is 0 Å². The fourth-order valence-corrected chi connectivity index (χ4v) is 4.48. The van der Waals surface area contributed by atoms with Gasteiger partial charge in [-0.25, -0.2) is 0 Å². The lowest BCUT2D eigenvalue weighted by atomic mass is 9.51. The van der Waals surface area contributed by atoms with Crippen molar-refractivity contribution in [3.63, 3.8) is 0 Å². The van der Waals surface area contributed by atoms with Gasteiger partial charge in [0.1, 0.15) is 0 Å². The summed E-state index contributed by atoms with van der Waals surface area (Å²) in [5, 5.41) is 11.4. The van der Waals surface area contributed by atoms with Crippen molar-refractivity contribution < 1.29 is 4.74 Å². The molecule has 2 fully saturated rings. The van der Waals surface area contributed by atoms with Crippen LogP contribution in [0.25, 0.3) is 0 Å². The Morgan fingerprint density at radius 1 is 1.44 bits per heavy atom. The Kier molecular flexibility index (Phi) is 6.42. The van der Waals surface area contributed by atoms with E-state index in [-0.39, 0.29) is 6.04 Å². The van der Waals surface area contributed by atoms with Crippen molar-refractivity contribution in [2.45, 2.75) is 57.7 Å². The summed E-state index contributed by atoms with van der Waals surface area (Å²) in [6.45, 7) is 6.58. The van der Waals surface area contributed by atoms with Crippen molar-refractivity contribution in [2.75, 3.05) is 33.8 Å². The highest BCUT2D eigenvalue weighted by Gasteiger charge is 2.59. The molecule has 7 nitrogen and oxygen atoms in total. The zero-order valence-electron chi connectivity index (χ0n) is 17.5. The normalized spacial score (nSPS) is 25.2. The highest BCUT2D eigenvalue weighted by Crippen LogP contribution is 2.57. The summed E-state index contributed by atoms with van der Waals surface area (Å²) >= 11 is 0. The molecule has 1 spiro atoms. The van der Waals surface area contributed by atoms with Gasteiger partial charge in [0, 0.05) is 43.4 Å². The Morgan fingerprint density at radius 2 is 2.22 bits per heavy atom. The van der Waals surface area contributed by atoms with E-state index in [1.165, 1.54) is 24.8 Å². The van der Waals surface area contributed by atoms with Crippen molar-refractivity contribution in [1.29, 1.82) is 0 Å². The van der Waals surface area contributed by atoms with Crippen LogP contribution in [-0.4, -0.2) is 66.6 Å². The molecule has 0 aliphatic heterocycles. The van der Waals surface area contributed by atoms with Crippen LogP contribution >= 0.6 is 0 Å². The zero-order chi connectivity index (χ0) is 19.4. The first kappa shape index (κ1) is 20.1. The average molecular weight is 377 g/mol. The number of guanidine groups is 1. The smallest absolute Gasteiger partial charge is 0.191 e. The number of aromatic nitrogens is 2. The van der Waals surface area contributed by atoms with Crippen molar-refractivity contribution in [3.8, 4) is 0 Å². The number of ether oxygens (including phenoxy) is 1. The number of hydrogen-bond acceptors (Lipinski definition) is 4. The summed E-state index contributed by atoms with van der Waals surface area (Å²) in [7, 11) is 6.14. The second kappa shape index (κ2) is 8.61. The van der Waals surface area contributed by atoms with Crippen LogP contribution in [0, 0.1) is 5.41 Å². The maximum atomic E-state index is 5.98. The molecule has 0 bridgehead atoms. The summed E-state index contributed by atoms with van der Waals surface area (Å²) in [4.78, 5) is 7.11. The number of likely N-dealkylation sites (N-methyl/N-ethyl adjacent to an activating group) is 1. The van der Waals surface area contributed by atoms with Gasteiger partial charge in [-0.05, 0) is 47.2 Å². The van der Waals surface area contributed by atoms with Crippen molar-refractivity contribution in [1.82, 2.24) is 25.3 Å². The molecule has 2 N–H and O–H groups in total. The topological polar surface area (TPSA) is 66.7 Å². The minimum atomic E-state index is 0.212. The van der Waals surface area contributed by atoms with Crippen LogP contribution in [0.2, 0.25) is 0 Å². The maximum Gasteiger partial charge on any atom is 0.191 e. The van der Waals surface area contributed by atoms with E-state index in [0.717, 1.165) is 25.5 Å². The fraction of sp³-hybridized carbons (Fsp3) is 0.800. The molecular weight excluding hydrogens is 340 g/mol. The lowest BCUT2D eigenvalue weighted by Crippen LogP contribution is -2.68. The predicted molar refractivity (Wildman–Crippen MR) is 109 cm³/mol. The molecule has 0 aromatic carbocycles. The van der Waals surface area contributed by atoms with Gasteiger partial charge >= 0.3 is 0 Å². The van der Waals surface area contributed by atoms with Crippen LogP contribution in [0.5, 0.6) is 0 Å². The molecule has 2 aliphatic rings. The van der Waals surface area contributed by atoms with Crippen LogP contribution in [0.15, 0.2) is 17.4 Å². The number of nitrogens with one attached hydrogen (secondary N) is 2. The second-order valence-corrected chi connectivity index (χ2v) is 8.11. The van der Waals surface area contributed by atoms with E-state index in [4.69, 9.17) is 9.73 Å². The number of aryl methyl sites for hydroxylation is 1. The van der Waals surface area contributed by atoms with Crippen molar-refractivity contribution >= 4 is 5.96 Å². The van der Waals surface area contributed by atoms with Crippen LogP contribution < -0.4 is 10.6 Å². The highest BCUT2D eigenvalue weighted by molar-refractivity contribution is 5.80. The van der Waals surface area contributed by atoms with Crippen LogP contribution in [0.1, 0.15) is 51.1 Å². The Morgan fingerprint density at radius 3 is 2.74 bits per heavy atom. The van der Waals surface area contributed by atoms with E-state index in [9.17, 15) is 0 Å². The van der Waals surface area contributed by atoms with Gasteiger partial charge in [0.25, 0.3) is 0 Å². The third-order valence-electron chi connectivity index (χ3n) is 6.25. The molecule has 1 aromatic heterocycles. The molecule has 1 aromatic rings. The Labute approximate surface area is 163 Å². The minimum absolute atomic E-state index is 0.212. The molecule has 2 saturated carbocycles. The lowest BCUT2D eigenvalue weighted by molar-refractivity contribution is -0.168. The summed E-state index contributed by atoms with van der Waals surface area (Å²) < 4.78 is 7.83. The summed E-state index contributed by atoms with van der Waals surface area (Å²) in [5.74, 6) is 0.916. The van der Waals surface area contributed by atoms with Gasteiger partial charge in [-0.2, -0.15) is 5.10 Å². The summed E-state index contributed by atoms with van der Waals surface area (Å²) in [6, 6.07) is 0.682. The number of hydrogen-bond donors (Lipinski definition) is 2. The average Bonchev–Trinajstić information content (AvgIpc) is 2.98. The monoisotopic (exact) mass is 376 g/mol. The van der Waals surface area contributed by atoms with E-state index in [0.29, 0.717) is 24.1 Å². The molecular formula is C20H36N6O. The molecule has 1 heterocycles. The SMILES string of the molecule is CCNC(=NCC(c1cnn(C)c1)N(C)C)NC1CC(OCC)C12CCC2. The molecule has 3 rings (SSSR count). The Hall–Kier alpha value is -1.60. The molecule has 0 amide bonds. The standard InChI is InChI=1S/C20H36N6O/c1-6-21-19(22-13-16(25(3)4)15-12-23-26(5)14-15)24-17-11-18(27-7-2)20(17)9-8-10-20/h12,14,16-18H,6-11,13H2,1-5H3,(H2,21,22,24). The molecule has 27 heavy (non-hydrogen) atoms. The van der Waals surface area contributed by atoms with E-state index in [2.05, 4.69) is 54.8 Å². The number of nitrogens with zero attached hydrogens (tertiary/aromatic N) is 4. The Bertz CT molecular complexity index is 636. The maximum absolute atomic E-state index is 5.98. The third-order valence-corrected chi connectivity index (χ3v) is 6.25. The first-order valence-electron chi connectivity index (χ1n) is 10.3. The largest absolute Gasteiger partial charge is 0.378 e. The van der Waals surface area contributed by atoms with Crippen LogP contribution in [0.3, 0.4) is 0 Å². The molecule has 3 unspecified atom stereocenters. The third kappa shape index (κ3) is 4.14. The first-order chi connectivity index (χ1) is 13.0. The molecule has 0 radical (unpaired) electrons. The van der Waals surface area contributed by atoms with Gasteiger partial charge in [0.15, 0.2) is 5.96 Å². The zero-order valence-corrected chi connectivity index (χ0v) is 17.5. The fourth-order valence-electron chi connectivity index (χ4n) is 4.48. The van der Waals surface area contributed by atoms with Crippen molar-refractivity contribution in [2.24, 2.45) is 17.5 Å². The number of rotatable bonds is 8. The van der Waals surface area contributed by atoms with Crippen molar-refractivity contribution in [3.05, 3.63) is 18.0 Å². The van der Waals surface area contributed by atoms with E-state index < -0.39 is 0 Å². The molecule has 7 heteroatoms. The number of aliphatic imine (C=N–C) groups is 1. The predicted octanol–water partition coefficient (Wildman–Crippen LogP) is 1.93. The quantitative estimate of drug-likeness (QED) is 0.536. The highest BCUT2D eigenvalue weighted by atomic mass is 16.5. The molecule has 3 atom stereocenters. The minimum Gasteiger partial charge on any atom is -0.378 e.